The lowest BCUT2D eigenvalue weighted by molar-refractivity contribution is -0.151. The van der Waals surface area contributed by atoms with Gasteiger partial charge in [0.1, 0.15) is 4.32 Å². The lowest BCUT2D eigenvalue weighted by atomic mass is 9.69. The van der Waals surface area contributed by atoms with Crippen LogP contribution in [0.3, 0.4) is 0 Å². The van der Waals surface area contributed by atoms with E-state index in [9.17, 15) is 14.4 Å². The van der Waals surface area contributed by atoms with Crippen LogP contribution in [-0.4, -0.2) is 47.2 Å². The molecule has 9 heteroatoms. The number of thioether (sulfide) groups is 1. The molecule has 2 heterocycles. The number of carbonyl (C=O) groups is 3. The first-order chi connectivity index (χ1) is 16.7. The van der Waals surface area contributed by atoms with Crippen LogP contribution in [-0.2, 0) is 19.1 Å². The van der Waals surface area contributed by atoms with Gasteiger partial charge in [-0.1, -0.05) is 72.5 Å². The van der Waals surface area contributed by atoms with Crippen molar-refractivity contribution >= 4 is 52.0 Å². The Bertz CT molecular complexity index is 1210. The summed E-state index contributed by atoms with van der Waals surface area (Å²) in [6.45, 7) is 3.47. The van der Waals surface area contributed by atoms with Crippen LogP contribution in [0.5, 0.6) is 0 Å². The summed E-state index contributed by atoms with van der Waals surface area (Å²) in [5, 5.41) is 0. The molecule has 0 aliphatic carbocycles. The summed E-state index contributed by atoms with van der Waals surface area (Å²) in [5.41, 5.74) is 1.28. The van der Waals surface area contributed by atoms with E-state index in [1.165, 1.54) is 37.1 Å². The number of hydrogen-bond acceptors (Lipinski definition) is 7. The number of fused-ring (bicyclic) bond motifs is 1. The predicted octanol–water partition coefficient (Wildman–Crippen LogP) is 5.04. The number of hydrogen-bond donors (Lipinski definition) is 0. The van der Waals surface area contributed by atoms with Gasteiger partial charge in [-0.3, -0.25) is 19.4 Å². The largest absolute Gasteiger partial charge is 0.469 e. The van der Waals surface area contributed by atoms with Crippen molar-refractivity contribution in [1.29, 1.82) is 0 Å². The normalized spacial score (nSPS) is 19.7. The molecule has 0 bridgehead atoms. The summed E-state index contributed by atoms with van der Waals surface area (Å²) < 4.78 is 10.6. The summed E-state index contributed by atoms with van der Waals surface area (Å²) in [4.78, 5) is 42.8. The maximum atomic E-state index is 14.3. The molecule has 0 N–H and O–H groups in total. The highest BCUT2D eigenvalue weighted by Gasteiger charge is 2.49. The van der Waals surface area contributed by atoms with Gasteiger partial charge in [-0.15, -0.1) is 0 Å². The Labute approximate surface area is 214 Å². The second kappa shape index (κ2) is 9.83. The number of anilines is 1. The number of ether oxygens (including phenoxy) is 2. The Morgan fingerprint density at radius 1 is 1.00 bits per heavy atom. The fourth-order valence-electron chi connectivity index (χ4n) is 4.69. The quantitative estimate of drug-likeness (QED) is 0.421. The van der Waals surface area contributed by atoms with Crippen LogP contribution in [0.4, 0.5) is 10.5 Å². The number of nitrogens with zero attached hydrogens (tertiary/aromatic N) is 2. The van der Waals surface area contributed by atoms with Gasteiger partial charge in [0.25, 0.3) is 5.91 Å². The second-order valence-electron chi connectivity index (χ2n) is 8.81. The van der Waals surface area contributed by atoms with Crippen LogP contribution >= 0.6 is 24.0 Å². The molecule has 0 unspecified atom stereocenters. The van der Waals surface area contributed by atoms with Gasteiger partial charge in [-0.2, -0.15) is 0 Å². The molecule has 182 valence electrons. The fourth-order valence-corrected chi connectivity index (χ4v) is 6.10. The van der Waals surface area contributed by atoms with Crippen molar-refractivity contribution in [2.45, 2.75) is 25.8 Å². The number of carbonyl (C=O) groups excluding carboxylic acids is 3. The SMILES string of the molecule is COC(=O)N1C=C(C(=O)N2C(=S)SC[C@@H]2c2ccccc2)[C@H](C(C)(C)C(=O)OC)c2ccccc21. The van der Waals surface area contributed by atoms with Gasteiger partial charge >= 0.3 is 12.1 Å². The zero-order valence-corrected chi connectivity index (χ0v) is 21.5. The van der Waals surface area contributed by atoms with Crippen LogP contribution in [0, 0.1) is 5.41 Å². The maximum Gasteiger partial charge on any atom is 0.418 e. The zero-order chi connectivity index (χ0) is 25.3. The Hall–Kier alpha value is -3.17. The molecule has 0 radical (unpaired) electrons. The molecule has 4 rings (SSSR count). The highest BCUT2D eigenvalue weighted by Crippen LogP contribution is 2.50. The minimum atomic E-state index is -1.12. The van der Waals surface area contributed by atoms with Crippen LogP contribution in [0.1, 0.15) is 36.9 Å². The first kappa shape index (κ1) is 24.9. The Balaban J connectivity index is 1.88. The number of benzene rings is 2. The smallest absolute Gasteiger partial charge is 0.418 e. The predicted molar refractivity (Wildman–Crippen MR) is 139 cm³/mol. The van der Waals surface area contributed by atoms with Gasteiger partial charge < -0.3 is 9.47 Å². The van der Waals surface area contributed by atoms with Crippen molar-refractivity contribution in [1.82, 2.24) is 4.90 Å². The van der Waals surface area contributed by atoms with Crippen molar-refractivity contribution in [3.05, 3.63) is 77.5 Å². The minimum absolute atomic E-state index is 0.260. The van der Waals surface area contributed by atoms with Gasteiger partial charge in [-0.05, 0) is 31.0 Å². The molecular formula is C26H26N2O5S2. The average Bonchev–Trinajstić information content (AvgIpc) is 3.27. The molecule has 0 spiro atoms. The Morgan fingerprint density at radius 2 is 1.66 bits per heavy atom. The van der Waals surface area contributed by atoms with Crippen LogP contribution in [0.25, 0.3) is 0 Å². The molecule has 0 aromatic heterocycles. The number of para-hydroxylation sites is 1. The molecule has 35 heavy (non-hydrogen) atoms. The number of methoxy groups -OCH3 is 2. The third-order valence-electron chi connectivity index (χ3n) is 6.41. The van der Waals surface area contributed by atoms with Gasteiger partial charge in [0.05, 0.1) is 31.4 Å². The van der Waals surface area contributed by atoms with Crippen molar-refractivity contribution in [2.24, 2.45) is 5.41 Å². The number of amides is 2. The molecule has 2 amide bonds. The van der Waals surface area contributed by atoms with E-state index in [-0.39, 0.29) is 17.5 Å². The van der Waals surface area contributed by atoms with Crippen LogP contribution in [0.15, 0.2) is 66.4 Å². The highest BCUT2D eigenvalue weighted by molar-refractivity contribution is 8.23. The van der Waals surface area contributed by atoms with E-state index >= 15 is 0 Å². The van der Waals surface area contributed by atoms with Crippen molar-refractivity contribution in [2.75, 3.05) is 24.9 Å². The summed E-state index contributed by atoms with van der Waals surface area (Å²) in [5.74, 6) is -0.909. The van der Waals surface area contributed by atoms with Gasteiger partial charge in [0.15, 0.2) is 0 Å². The Morgan fingerprint density at radius 3 is 2.31 bits per heavy atom. The third-order valence-corrected chi connectivity index (χ3v) is 7.89. The van der Waals surface area contributed by atoms with Gasteiger partial charge in [0, 0.05) is 23.4 Å². The molecule has 2 aliphatic heterocycles. The summed E-state index contributed by atoms with van der Waals surface area (Å²) in [7, 11) is 2.60. The fraction of sp³-hybridized carbons (Fsp3) is 0.308. The van der Waals surface area contributed by atoms with E-state index in [1.807, 2.05) is 42.5 Å². The highest BCUT2D eigenvalue weighted by atomic mass is 32.2. The maximum absolute atomic E-state index is 14.3. The first-order valence-corrected chi connectivity index (χ1v) is 12.4. The summed E-state index contributed by atoms with van der Waals surface area (Å²) in [6, 6.07) is 16.6. The van der Waals surface area contributed by atoms with E-state index in [0.29, 0.717) is 21.3 Å². The number of rotatable bonds is 4. The standard InChI is InChI=1S/C26H26N2O5S2/c1-26(2,23(30)32-3)21-17-12-8-9-13-19(17)27(24(31)33-4)14-18(21)22(29)28-20(15-35-25(28)34)16-10-6-5-7-11-16/h5-14,20-21H,15H2,1-4H3/t20-,21-/m1/s1. The first-order valence-electron chi connectivity index (χ1n) is 11.0. The van der Waals surface area contributed by atoms with E-state index < -0.39 is 23.4 Å². The topological polar surface area (TPSA) is 76.2 Å². The molecule has 0 saturated carbocycles. The van der Waals surface area contributed by atoms with Gasteiger partial charge in [0.2, 0.25) is 0 Å². The average molecular weight is 511 g/mol. The molecule has 2 aromatic carbocycles. The molecule has 2 aromatic rings. The van der Waals surface area contributed by atoms with Crippen molar-refractivity contribution in [3.8, 4) is 0 Å². The van der Waals surface area contributed by atoms with Crippen molar-refractivity contribution in [3.63, 3.8) is 0 Å². The molecule has 2 aliphatic rings. The van der Waals surface area contributed by atoms with E-state index in [0.717, 1.165) is 5.56 Å². The number of esters is 1. The minimum Gasteiger partial charge on any atom is -0.469 e. The van der Waals surface area contributed by atoms with E-state index in [1.54, 1.807) is 30.9 Å². The lowest BCUT2D eigenvalue weighted by Gasteiger charge is -2.40. The van der Waals surface area contributed by atoms with Crippen LogP contribution in [0.2, 0.25) is 0 Å². The van der Waals surface area contributed by atoms with Gasteiger partial charge in [-0.25, -0.2) is 4.79 Å². The molecule has 2 atom stereocenters. The number of thiocarbonyl (C=S) groups is 1. The Kier molecular flexibility index (Phi) is 7.00. The van der Waals surface area contributed by atoms with E-state index in [2.05, 4.69) is 0 Å². The molecule has 1 saturated heterocycles. The lowest BCUT2D eigenvalue weighted by Crippen LogP contribution is -2.44. The third kappa shape index (κ3) is 4.34. The second-order valence-corrected chi connectivity index (χ2v) is 10.5. The molecular weight excluding hydrogens is 484 g/mol. The summed E-state index contributed by atoms with van der Waals surface area (Å²) >= 11 is 7.03. The van der Waals surface area contributed by atoms with E-state index in [4.69, 9.17) is 21.7 Å². The van der Waals surface area contributed by atoms with Crippen molar-refractivity contribution < 1.29 is 23.9 Å². The zero-order valence-electron chi connectivity index (χ0n) is 19.9. The molecule has 1 fully saturated rings. The monoisotopic (exact) mass is 510 g/mol. The van der Waals surface area contributed by atoms with Crippen LogP contribution < -0.4 is 4.90 Å². The molecule has 7 nitrogen and oxygen atoms in total. The summed E-state index contributed by atoms with van der Waals surface area (Å²) in [6.07, 6.45) is 0.828.